The van der Waals surface area contributed by atoms with E-state index in [-0.39, 0.29) is 11.9 Å². The van der Waals surface area contributed by atoms with Crippen molar-refractivity contribution < 1.29 is 14.3 Å². The largest absolute Gasteiger partial charge is 0.347 e. The van der Waals surface area contributed by atoms with Gasteiger partial charge >= 0.3 is 0 Å². The maximum atomic E-state index is 13.3. The highest BCUT2D eigenvalue weighted by Crippen LogP contribution is 2.34. The second-order valence-corrected chi connectivity index (χ2v) is 6.99. The molecule has 5 nitrogen and oxygen atoms in total. The fourth-order valence-corrected chi connectivity index (χ4v) is 4.17. The van der Waals surface area contributed by atoms with Crippen LogP contribution in [-0.2, 0) is 14.3 Å². The van der Waals surface area contributed by atoms with Crippen molar-refractivity contribution in [1.82, 2.24) is 9.80 Å². The number of hydrogen-bond donors (Lipinski definition) is 0. The maximum absolute atomic E-state index is 13.3. The Hall–Kier alpha value is -1.43. The van der Waals surface area contributed by atoms with Crippen LogP contribution in [0.1, 0.15) is 37.3 Å². The van der Waals surface area contributed by atoms with Crippen LogP contribution in [0.25, 0.3) is 0 Å². The first kappa shape index (κ1) is 16.1. The summed E-state index contributed by atoms with van der Waals surface area (Å²) in [5.41, 5.74) is 1.11. The lowest BCUT2D eigenvalue weighted by atomic mass is 9.99. The Morgan fingerprint density at radius 1 is 0.958 bits per heavy atom. The monoisotopic (exact) mass is 330 g/mol. The van der Waals surface area contributed by atoms with E-state index in [1.165, 1.54) is 12.8 Å². The molecule has 3 aliphatic heterocycles. The standard InChI is InChI=1S/C19H26N2O3/c22-18(21-12-8-19(9-13-21)23-14-15-24-19)17(20-10-4-5-11-20)16-6-2-1-3-7-16/h1-3,6-7,17H,4-5,8-15H2/t17-/m1/s1. The Morgan fingerprint density at radius 2 is 1.58 bits per heavy atom. The summed E-state index contributed by atoms with van der Waals surface area (Å²) >= 11 is 0. The fourth-order valence-electron chi connectivity index (χ4n) is 4.17. The molecule has 0 unspecified atom stereocenters. The number of amides is 1. The molecule has 130 valence electrons. The van der Waals surface area contributed by atoms with E-state index in [0.717, 1.165) is 44.6 Å². The van der Waals surface area contributed by atoms with E-state index in [1.54, 1.807) is 0 Å². The van der Waals surface area contributed by atoms with Crippen molar-refractivity contribution in [3.63, 3.8) is 0 Å². The number of piperidine rings is 1. The van der Waals surface area contributed by atoms with Crippen LogP contribution in [0.15, 0.2) is 30.3 Å². The normalized spacial score (nSPS) is 25.2. The molecule has 1 aromatic carbocycles. The van der Waals surface area contributed by atoms with Crippen LogP contribution in [0.4, 0.5) is 0 Å². The first-order chi connectivity index (χ1) is 11.8. The molecule has 24 heavy (non-hydrogen) atoms. The summed E-state index contributed by atoms with van der Waals surface area (Å²) in [5, 5.41) is 0. The topological polar surface area (TPSA) is 42.0 Å². The van der Waals surface area contributed by atoms with Crippen molar-refractivity contribution in [2.75, 3.05) is 39.4 Å². The Bertz CT molecular complexity index is 555. The Balaban J connectivity index is 1.49. The molecular weight excluding hydrogens is 304 g/mol. The van der Waals surface area contributed by atoms with Gasteiger partial charge in [0.25, 0.3) is 0 Å². The summed E-state index contributed by atoms with van der Waals surface area (Å²) in [5.74, 6) is -0.192. The molecule has 4 rings (SSSR count). The number of carbonyl (C=O) groups is 1. The highest BCUT2D eigenvalue weighted by Gasteiger charge is 2.42. The van der Waals surface area contributed by atoms with E-state index in [1.807, 2.05) is 23.1 Å². The zero-order valence-electron chi connectivity index (χ0n) is 14.2. The van der Waals surface area contributed by atoms with Crippen molar-refractivity contribution in [1.29, 1.82) is 0 Å². The third-order valence-electron chi connectivity index (χ3n) is 5.51. The van der Waals surface area contributed by atoms with Gasteiger partial charge in [-0.3, -0.25) is 9.69 Å². The van der Waals surface area contributed by atoms with Crippen molar-refractivity contribution in [2.45, 2.75) is 37.5 Å². The molecule has 3 aliphatic rings. The number of carbonyl (C=O) groups excluding carboxylic acids is 1. The lowest BCUT2D eigenvalue weighted by molar-refractivity contribution is -0.188. The highest BCUT2D eigenvalue weighted by atomic mass is 16.7. The summed E-state index contributed by atoms with van der Waals surface area (Å²) in [6.07, 6.45) is 3.92. The van der Waals surface area contributed by atoms with E-state index in [9.17, 15) is 4.79 Å². The van der Waals surface area contributed by atoms with Crippen molar-refractivity contribution >= 4 is 5.91 Å². The molecule has 3 saturated heterocycles. The van der Waals surface area contributed by atoms with Crippen LogP contribution in [-0.4, -0.2) is 60.9 Å². The number of rotatable bonds is 3. The minimum absolute atomic E-state index is 0.145. The summed E-state index contributed by atoms with van der Waals surface area (Å²) in [7, 11) is 0. The summed E-state index contributed by atoms with van der Waals surface area (Å²) < 4.78 is 11.6. The first-order valence-electron chi connectivity index (χ1n) is 9.13. The Kier molecular flexibility index (Phi) is 4.57. The maximum Gasteiger partial charge on any atom is 0.244 e. The zero-order valence-corrected chi connectivity index (χ0v) is 14.2. The van der Waals surface area contributed by atoms with Crippen LogP contribution < -0.4 is 0 Å². The molecule has 0 N–H and O–H groups in total. The van der Waals surface area contributed by atoms with Gasteiger partial charge in [0.2, 0.25) is 5.91 Å². The SMILES string of the molecule is O=C([C@@H](c1ccccc1)N1CCCC1)N1CCC2(CC1)OCCO2. The molecule has 0 aliphatic carbocycles. The molecule has 1 spiro atoms. The molecule has 5 heteroatoms. The lowest BCUT2D eigenvalue weighted by Crippen LogP contribution is -2.50. The molecule has 3 heterocycles. The second kappa shape index (κ2) is 6.82. The molecule has 0 radical (unpaired) electrons. The van der Waals surface area contributed by atoms with Gasteiger partial charge in [0.15, 0.2) is 5.79 Å². The van der Waals surface area contributed by atoms with E-state index in [0.29, 0.717) is 13.2 Å². The number of likely N-dealkylation sites (tertiary alicyclic amines) is 2. The molecule has 3 fully saturated rings. The molecule has 0 bridgehead atoms. The van der Waals surface area contributed by atoms with Crippen molar-refractivity contribution in [2.24, 2.45) is 0 Å². The minimum atomic E-state index is -0.424. The summed E-state index contributed by atoms with van der Waals surface area (Å²) in [4.78, 5) is 17.6. The van der Waals surface area contributed by atoms with Gasteiger partial charge in [0, 0.05) is 25.9 Å². The van der Waals surface area contributed by atoms with Gasteiger partial charge in [-0.2, -0.15) is 0 Å². The summed E-state index contributed by atoms with van der Waals surface area (Å²) in [6.45, 7) is 4.80. The predicted octanol–water partition coefficient (Wildman–Crippen LogP) is 2.19. The number of benzene rings is 1. The van der Waals surface area contributed by atoms with Gasteiger partial charge in [0.1, 0.15) is 6.04 Å². The van der Waals surface area contributed by atoms with Crippen LogP contribution in [0.2, 0.25) is 0 Å². The smallest absolute Gasteiger partial charge is 0.244 e. The van der Waals surface area contributed by atoms with Crippen LogP contribution in [0.5, 0.6) is 0 Å². The lowest BCUT2D eigenvalue weighted by Gasteiger charge is -2.40. The van der Waals surface area contributed by atoms with Crippen LogP contribution in [0, 0.1) is 0 Å². The number of nitrogens with zero attached hydrogens (tertiary/aromatic N) is 2. The molecule has 1 amide bonds. The average molecular weight is 330 g/mol. The van der Waals surface area contributed by atoms with Gasteiger partial charge in [-0.1, -0.05) is 30.3 Å². The minimum Gasteiger partial charge on any atom is -0.347 e. The van der Waals surface area contributed by atoms with Crippen molar-refractivity contribution in [3.8, 4) is 0 Å². The van der Waals surface area contributed by atoms with Gasteiger partial charge in [-0.15, -0.1) is 0 Å². The molecular formula is C19H26N2O3. The third kappa shape index (κ3) is 3.08. The first-order valence-corrected chi connectivity index (χ1v) is 9.13. The fraction of sp³-hybridized carbons (Fsp3) is 0.632. The predicted molar refractivity (Wildman–Crippen MR) is 90.4 cm³/mol. The van der Waals surface area contributed by atoms with Crippen LogP contribution >= 0.6 is 0 Å². The quantitative estimate of drug-likeness (QED) is 0.852. The van der Waals surface area contributed by atoms with Crippen LogP contribution in [0.3, 0.4) is 0 Å². The number of ether oxygens (including phenoxy) is 2. The summed E-state index contributed by atoms with van der Waals surface area (Å²) in [6, 6.07) is 10.1. The van der Waals surface area contributed by atoms with E-state index >= 15 is 0 Å². The average Bonchev–Trinajstić information content (AvgIpc) is 3.30. The Morgan fingerprint density at radius 3 is 2.21 bits per heavy atom. The van der Waals surface area contributed by atoms with E-state index in [4.69, 9.17) is 9.47 Å². The third-order valence-corrected chi connectivity index (χ3v) is 5.51. The molecule has 1 atom stereocenters. The van der Waals surface area contributed by atoms with E-state index < -0.39 is 5.79 Å². The molecule has 1 aromatic rings. The van der Waals surface area contributed by atoms with Gasteiger partial charge < -0.3 is 14.4 Å². The Labute approximate surface area is 143 Å². The van der Waals surface area contributed by atoms with Gasteiger partial charge in [-0.05, 0) is 31.5 Å². The van der Waals surface area contributed by atoms with Gasteiger partial charge in [-0.25, -0.2) is 0 Å². The second-order valence-electron chi connectivity index (χ2n) is 6.99. The molecule has 0 saturated carbocycles. The molecule has 0 aromatic heterocycles. The highest BCUT2D eigenvalue weighted by molar-refractivity contribution is 5.83. The van der Waals surface area contributed by atoms with Crippen molar-refractivity contribution in [3.05, 3.63) is 35.9 Å². The number of hydrogen-bond acceptors (Lipinski definition) is 4. The van der Waals surface area contributed by atoms with E-state index in [2.05, 4.69) is 17.0 Å². The zero-order chi connectivity index (χ0) is 16.4. The van der Waals surface area contributed by atoms with Gasteiger partial charge in [0.05, 0.1) is 13.2 Å².